The zero-order valence-electron chi connectivity index (χ0n) is 11.6. The van der Waals surface area contributed by atoms with Gasteiger partial charge in [0, 0.05) is 27.1 Å². The van der Waals surface area contributed by atoms with Crippen molar-refractivity contribution in [2.24, 2.45) is 0 Å². The molecule has 0 bridgehead atoms. The Bertz CT molecular complexity index is 250. The van der Waals surface area contributed by atoms with Gasteiger partial charge in [0.05, 0.1) is 13.2 Å². The van der Waals surface area contributed by atoms with Crippen LogP contribution in [-0.4, -0.2) is 43.5 Å². The van der Waals surface area contributed by atoms with E-state index in [0.717, 1.165) is 0 Å². The van der Waals surface area contributed by atoms with E-state index in [9.17, 15) is 0 Å². The minimum Gasteiger partial charge on any atom is -0.379 e. The van der Waals surface area contributed by atoms with Crippen LogP contribution in [0.25, 0.3) is 0 Å². The van der Waals surface area contributed by atoms with Crippen LogP contribution in [-0.2, 0) is 4.74 Å². The van der Waals surface area contributed by atoms with Crippen LogP contribution in [0.3, 0.4) is 0 Å². The summed E-state index contributed by atoms with van der Waals surface area (Å²) in [5.74, 6) is -2.77. The van der Waals surface area contributed by atoms with E-state index in [0.29, 0.717) is 13.2 Å². The van der Waals surface area contributed by atoms with E-state index in [2.05, 4.69) is 0 Å². The Labute approximate surface area is 75.5 Å². The summed E-state index contributed by atoms with van der Waals surface area (Å²) in [5, 5.41) is 0. The van der Waals surface area contributed by atoms with Crippen molar-refractivity contribution in [3.63, 3.8) is 0 Å². The third-order valence-electron chi connectivity index (χ3n) is 1.27. The van der Waals surface area contributed by atoms with Crippen molar-refractivity contribution < 1.29 is 13.0 Å². The predicted molar refractivity (Wildman–Crippen MR) is 42.6 cm³/mol. The van der Waals surface area contributed by atoms with Crippen LogP contribution in [0.4, 0.5) is 0 Å². The Morgan fingerprint density at radius 1 is 1.50 bits per heavy atom. The zero-order chi connectivity index (χ0) is 12.6. The first-order valence-electron chi connectivity index (χ1n) is 6.12. The van der Waals surface area contributed by atoms with Crippen LogP contribution in [0.2, 0.25) is 0 Å². The van der Waals surface area contributed by atoms with Gasteiger partial charge in [-0.15, -0.1) is 11.6 Å². The quantitative estimate of drug-likeness (QED) is 0.584. The molecule has 0 radical (unpaired) electrons. The first-order chi connectivity index (χ1) is 7.11. The predicted octanol–water partition coefficient (Wildman–Crippen LogP) is 0.948. The summed E-state index contributed by atoms with van der Waals surface area (Å²) in [6.45, 7) is -1.41. The lowest BCUT2D eigenvalue weighted by Crippen LogP contribution is -2.36. The third-order valence-corrected chi connectivity index (χ3v) is 1.37. The molecule has 0 aliphatic carbocycles. The summed E-state index contributed by atoms with van der Waals surface area (Å²) in [4.78, 5) is 1.22. The van der Waals surface area contributed by atoms with Crippen molar-refractivity contribution >= 4 is 11.6 Å². The highest BCUT2D eigenvalue weighted by molar-refractivity contribution is 6.17. The van der Waals surface area contributed by atoms with Crippen LogP contribution in [0.1, 0.15) is 14.6 Å². The Morgan fingerprint density at radius 3 is 2.80 bits per heavy atom. The number of alkyl halides is 1. The molecule has 1 rings (SSSR count). The standard InChI is InChI=1S/C7H14ClNO/c8-2-1-3-9-4-6-10-7-5-9/h1-7H2/i1D2,2D2,3D2. The van der Waals surface area contributed by atoms with Crippen molar-refractivity contribution in [1.82, 2.24) is 4.90 Å². The zero-order valence-corrected chi connectivity index (χ0v) is 6.32. The molecular formula is C7H14ClNO. The van der Waals surface area contributed by atoms with Gasteiger partial charge in [0.1, 0.15) is 0 Å². The lowest BCUT2D eigenvalue weighted by Gasteiger charge is -2.25. The average Bonchev–Trinajstić information content (AvgIpc) is 2.17. The van der Waals surface area contributed by atoms with Crippen LogP contribution in [0, 0.1) is 0 Å². The summed E-state index contributed by atoms with van der Waals surface area (Å²) >= 11 is 5.29. The second-order valence-electron chi connectivity index (χ2n) is 1.93. The summed E-state index contributed by atoms with van der Waals surface area (Å²) in [6.07, 6.45) is -2.81. The van der Waals surface area contributed by atoms with Gasteiger partial charge in [0.2, 0.25) is 0 Å². The highest BCUT2D eigenvalue weighted by Gasteiger charge is 2.08. The molecule has 0 saturated carbocycles. The fraction of sp³-hybridized carbons (Fsp3) is 1.00. The van der Waals surface area contributed by atoms with Crippen molar-refractivity contribution in [2.75, 3.05) is 38.6 Å². The van der Waals surface area contributed by atoms with Gasteiger partial charge in [-0.05, 0) is 12.9 Å². The van der Waals surface area contributed by atoms with Crippen molar-refractivity contribution in [3.8, 4) is 0 Å². The van der Waals surface area contributed by atoms with E-state index < -0.39 is 18.7 Å². The lowest BCUT2D eigenvalue weighted by atomic mass is 10.4. The van der Waals surface area contributed by atoms with Gasteiger partial charge in [-0.2, -0.15) is 0 Å². The van der Waals surface area contributed by atoms with Crippen molar-refractivity contribution in [1.29, 1.82) is 0 Å². The Balaban J connectivity index is 2.90. The first kappa shape index (κ1) is 3.30. The second-order valence-corrected chi connectivity index (χ2v) is 2.12. The molecule has 1 aliphatic heterocycles. The maximum atomic E-state index is 7.72. The summed E-state index contributed by atoms with van der Waals surface area (Å²) in [5.41, 5.74) is 0. The van der Waals surface area contributed by atoms with Gasteiger partial charge in [-0.25, -0.2) is 0 Å². The first-order valence-corrected chi connectivity index (χ1v) is 3.50. The molecule has 0 aromatic rings. The molecule has 10 heavy (non-hydrogen) atoms. The summed E-state index contributed by atoms with van der Waals surface area (Å²) in [6, 6.07) is 0. The molecule has 3 heteroatoms. The van der Waals surface area contributed by atoms with Crippen LogP contribution in [0.15, 0.2) is 0 Å². The maximum Gasteiger partial charge on any atom is 0.0594 e. The van der Waals surface area contributed by atoms with E-state index in [1.54, 1.807) is 0 Å². The molecule has 0 spiro atoms. The topological polar surface area (TPSA) is 12.5 Å². The molecule has 1 aliphatic rings. The molecule has 0 aromatic carbocycles. The number of ether oxygens (including phenoxy) is 1. The van der Waals surface area contributed by atoms with Gasteiger partial charge in [0.15, 0.2) is 0 Å². The molecule has 1 saturated heterocycles. The lowest BCUT2D eigenvalue weighted by molar-refractivity contribution is 0.0381. The van der Waals surface area contributed by atoms with Crippen LogP contribution in [0.5, 0.6) is 0 Å². The van der Waals surface area contributed by atoms with Crippen LogP contribution >= 0.6 is 11.6 Å². The SMILES string of the molecule is [2H]C([2H])(Cl)C([2H])([2H])C([2H])([2H])N1CCOCC1. The van der Waals surface area contributed by atoms with E-state index in [-0.39, 0.29) is 13.1 Å². The highest BCUT2D eigenvalue weighted by Crippen LogP contribution is 1.98. The number of morpholine rings is 1. The van der Waals surface area contributed by atoms with Gasteiger partial charge in [-0.3, -0.25) is 4.90 Å². The highest BCUT2D eigenvalue weighted by atomic mass is 35.5. The third kappa shape index (κ3) is 2.86. The molecule has 0 N–H and O–H groups in total. The Hall–Kier alpha value is 0.210. The fourth-order valence-electron chi connectivity index (χ4n) is 0.775. The summed E-state index contributed by atoms with van der Waals surface area (Å²) in [7, 11) is 0. The second kappa shape index (κ2) is 4.94. The fourth-order valence-corrected chi connectivity index (χ4v) is 0.818. The molecule has 2 nitrogen and oxygen atoms in total. The average molecular weight is 170 g/mol. The van der Waals surface area contributed by atoms with Crippen molar-refractivity contribution in [3.05, 3.63) is 0 Å². The molecule has 1 heterocycles. The number of halogens is 1. The van der Waals surface area contributed by atoms with Gasteiger partial charge in [0.25, 0.3) is 0 Å². The number of rotatable bonds is 3. The minimum atomic E-state index is -2.81. The van der Waals surface area contributed by atoms with Gasteiger partial charge < -0.3 is 4.74 Å². The van der Waals surface area contributed by atoms with Crippen molar-refractivity contribution in [2.45, 2.75) is 6.37 Å². The largest absolute Gasteiger partial charge is 0.379 e. The molecule has 0 atom stereocenters. The number of nitrogens with zero attached hydrogens (tertiary/aromatic N) is 1. The molecule has 0 aromatic heterocycles. The van der Waals surface area contributed by atoms with Gasteiger partial charge >= 0.3 is 0 Å². The molecular weight excluding hydrogens is 150 g/mol. The van der Waals surface area contributed by atoms with E-state index in [4.69, 9.17) is 24.6 Å². The Kier molecular flexibility index (Phi) is 1.63. The number of hydrogen-bond acceptors (Lipinski definition) is 2. The van der Waals surface area contributed by atoms with E-state index in [1.165, 1.54) is 4.90 Å². The van der Waals surface area contributed by atoms with E-state index >= 15 is 0 Å². The monoisotopic (exact) mass is 169 g/mol. The van der Waals surface area contributed by atoms with E-state index in [1.807, 2.05) is 0 Å². The maximum absolute atomic E-state index is 7.72. The van der Waals surface area contributed by atoms with Crippen LogP contribution < -0.4 is 0 Å². The number of hydrogen-bond donors (Lipinski definition) is 0. The minimum absolute atomic E-state index is 0.222. The molecule has 60 valence electrons. The normalized spacial score (nSPS) is 34.5. The van der Waals surface area contributed by atoms with Gasteiger partial charge in [-0.1, -0.05) is 0 Å². The molecule has 0 amide bonds. The summed E-state index contributed by atoms with van der Waals surface area (Å²) < 4.78 is 49.8. The molecule has 1 fully saturated rings. The Morgan fingerprint density at radius 2 is 2.20 bits per heavy atom. The smallest absolute Gasteiger partial charge is 0.0594 e. The molecule has 0 unspecified atom stereocenters.